The topological polar surface area (TPSA) is 108 Å². The number of carbonyl (C=O) groups excluding carboxylic acids is 1. The van der Waals surface area contributed by atoms with Crippen molar-refractivity contribution in [3.8, 4) is 22.8 Å². The van der Waals surface area contributed by atoms with E-state index in [-0.39, 0.29) is 29.2 Å². The summed E-state index contributed by atoms with van der Waals surface area (Å²) in [5.41, 5.74) is 0.0841. The number of anilines is 1. The van der Waals surface area contributed by atoms with E-state index in [1.807, 2.05) is 26.8 Å². The molecule has 0 unspecified atom stereocenters. The van der Waals surface area contributed by atoms with Gasteiger partial charge in [0.15, 0.2) is 5.65 Å². The van der Waals surface area contributed by atoms with Gasteiger partial charge in [-0.05, 0) is 45.0 Å². The molecule has 9 nitrogen and oxygen atoms in total. The molecule has 0 radical (unpaired) electrons. The maximum absolute atomic E-state index is 15.5. The number of hydrogen-bond donors (Lipinski definition) is 1. The number of alkyl halides is 2. The van der Waals surface area contributed by atoms with E-state index in [0.29, 0.717) is 21.9 Å². The van der Waals surface area contributed by atoms with Crippen LogP contribution in [0.1, 0.15) is 27.2 Å². The molecule has 0 aliphatic carbocycles. The van der Waals surface area contributed by atoms with Gasteiger partial charge in [0.1, 0.15) is 41.2 Å². The first-order chi connectivity index (χ1) is 18.4. The van der Waals surface area contributed by atoms with E-state index in [9.17, 15) is 18.7 Å². The van der Waals surface area contributed by atoms with Gasteiger partial charge in [0.25, 0.3) is 5.92 Å². The van der Waals surface area contributed by atoms with Crippen LogP contribution in [0, 0.1) is 5.82 Å². The Morgan fingerprint density at radius 2 is 1.90 bits per heavy atom. The van der Waals surface area contributed by atoms with Gasteiger partial charge in [-0.25, -0.2) is 27.8 Å². The molecule has 4 aromatic rings. The van der Waals surface area contributed by atoms with Crippen LogP contribution in [0.4, 0.5) is 23.8 Å². The highest BCUT2D eigenvalue weighted by Gasteiger charge is 2.45. The zero-order chi connectivity index (χ0) is 27.9. The van der Waals surface area contributed by atoms with Crippen LogP contribution in [0.15, 0.2) is 54.9 Å². The van der Waals surface area contributed by atoms with Crippen LogP contribution in [0.25, 0.3) is 22.3 Å². The van der Waals surface area contributed by atoms with E-state index in [1.165, 1.54) is 23.1 Å². The quantitative estimate of drug-likeness (QED) is 0.379. The largest absolute Gasteiger partial charge is 0.530 e. The fraction of sp³-hybridized carbons (Fsp3) is 0.333. The lowest BCUT2D eigenvalue weighted by Crippen LogP contribution is -2.46. The number of halogens is 3. The predicted octanol–water partition coefficient (Wildman–Crippen LogP) is 4.69. The molecule has 1 aliphatic rings. The third-order valence-corrected chi connectivity index (χ3v) is 6.19. The summed E-state index contributed by atoms with van der Waals surface area (Å²) in [5.74, 6) is -2.66. The number of carbonyl (C=O) groups is 1. The molecule has 2 aromatic carbocycles. The minimum Gasteiger partial charge on any atom is -0.530 e. The van der Waals surface area contributed by atoms with Crippen molar-refractivity contribution in [1.29, 1.82) is 0 Å². The second-order valence-corrected chi connectivity index (χ2v) is 10.5. The molecular formula is C27H26F3N6O3-. The number of nitrogens with one attached hydrogen (secondary N) is 1. The van der Waals surface area contributed by atoms with E-state index in [4.69, 9.17) is 4.74 Å². The lowest BCUT2D eigenvalue weighted by atomic mass is 10.1. The molecule has 39 heavy (non-hydrogen) atoms. The molecule has 1 amide bonds. The van der Waals surface area contributed by atoms with Gasteiger partial charge in [-0.15, -0.1) is 0 Å². The fourth-order valence-electron chi connectivity index (χ4n) is 4.62. The lowest BCUT2D eigenvalue weighted by Gasteiger charge is -2.26. The molecule has 204 valence electrons. The maximum Gasteiger partial charge on any atom is 0.267 e. The smallest absolute Gasteiger partial charge is 0.267 e. The van der Waals surface area contributed by atoms with Crippen LogP contribution in [0.3, 0.4) is 0 Å². The average Bonchev–Trinajstić information content (AvgIpc) is 3.36. The molecule has 1 saturated heterocycles. The van der Waals surface area contributed by atoms with Crippen molar-refractivity contribution in [3.63, 3.8) is 0 Å². The second kappa shape index (κ2) is 9.75. The first kappa shape index (κ1) is 26.3. The van der Waals surface area contributed by atoms with Crippen LogP contribution >= 0.6 is 0 Å². The maximum atomic E-state index is 15.5. The minimum atomic E-state index is -3.20. The summed E-state index contributed by atoms with van der Waals surface area (Å²) in [7, 11) is 0. The minimum absolute atomic E-state index is 0.111. The molecule has 1 atom stereocenters. The summed E-state index contributed by atoms with van der Waals surface area (Å²) < 4.78 is 50.8. The van der Waals surface area contributed by atoms with E-state index in [0.717, 1.165) is 0 Å². The van der Waals surface area contributed by atoms with Crippen LogP contribution < -0.4 is 15.2 Å². The molecule has 0 spiro atoms. The number of para-hydroxylation sites is 1. The van der Waals surface area contributed by atoms with Crippen LogP contribution in [-0.4, -0.2) is 54.8 Å². The third kappa shape index (κ3) is 5.59. The van der Waals surface area contributed by atoms with Gasteiger partial charge < -0.3 is 24.9 Å². The number of amides is 1. The zero-order valence-corrected chi connectivity index (χ0v) is 21.5. The Morgan fingerprint density at radius 1 is 1.15 bits per heavy atom. The molecule has 12 heteroatoms. The molecule has 5 rings (SSSR count). The third-order valence-electron chi connectivity index (χ3n) is 6.19. The van der Waals surface area contributed by atoms with Crippen molar-refractivity contribution in [1.82, 2.24) is 24.6 Å². The number of hydrogen-bond acceptors (Lipinski definition) is 7. The lowest BCUT2D eigenvalue weighted by molar-refractivity contribution is -0.267. The summed E-state index contributed by atoms with van der Waals surface area (Å²) >= 11 is 0. The highest BCUT2D eigenvalue weighted by molar-refractivity contribution is 5.99. The van der Waals surface area contributed by atoms with E-state index >= 15 is 4.39 Å². The van der Waals surface area contributed by atoms with Crippen LogP contribution in [0.5, 0.6) is 11.5 Å². The number of benzene rings is 2. The normalized spacial score (nSPS) is 17.0. The molecular weight excluding hydrogens is 513 g/mol. The van der Waals surface area contributed by atoms with Gasteiger partial charge in [-0.3, -0.25) is 0 Å². The van der Waals surface area contributed by atoms with Crippen molar-refractivity contribution in [2.45, 2.75) is 51.2 Å². The first-order valence-corrected chi connectivity index (χ1v) is 12.3. The highest BCUT2D eigenvalue weighted by atomic mass is 19.3. The Morgan fingerprint density at radius 3 is 2.56 bits per heavy atom. The Kier molecular flexibility index (Phi) is 6.57. The number of fused-ring (bicyclic) bond motifs is 1. The van der Waals surface area contributed by atoms with Crippen molar-refractivity contribution < 1.29 is 27.8 Å². The predicted molar refractivity (Wildman–Crippen MR) is 136 cm³/mol. The number of nitrogens with zero attached hydrogens (tertiary/aromatic N) is 5. The Labute approximate surface area is 222 Å². The summed E-state index contributed by atoms with van der Waals surface area (Å²) in [6.45, 7) is 4.55. The van der Waals surface area contributed by atoms with Crippen LogP contribution in [-0.2, 0) is 6.54 Å². The second-order valence-electron chi connectivity index (χ2n) is 10.5. The average molecular weight is 540 g/mol. The van der Waals surface area contributed by atoms with Gasteiger partial charge in [-0.2, -0.15) is 5.10 Å². The molecule has 1 N–H and O–H groups in total. The number of rotatable bonds is 6. The van der Waals surface area contributed by atoms with Crippen molar-refractivity contribution >= 4 is 22.9 Å². The molecule has 3 heterocycles. The SMILES string of the molecule is CC(C)(C)Nc1ncnc2c1c(-c1ccc(Oc3ccccc3)cc1F)nn2C[C@@H]1CC(F)(F)CN1C(=O)[O-]. The van der Waals surface area contributed by atoms with Gasteiger partial charge in [0, 0.05) is 23.6 Å². The van der Waals surface area contributed by atoms with Gasteiger partial charge >= 0.3 is 0 Å². The van der Waals surface area contributed by atoms with Gasteiger partial charge in [0.2, 0.25) is 0 Å². The summed E-state index contributed by atoms with van der Waals surface area (Å²) in [6.07, 6.45) is -1.11. The van der Waals surface area contributed by atoms with Gasteiger partial charge in [-0.1, -0.05) is 18.2 Å². The van der Waals surface area contributed by atoms with Gasteiger partial charge in [0.05, 0.1) is 24.5 Å². The zero-order valence-electron chi connectivity index (χ0n) is 21.5. The van der Waals surface area contributed by atoms with E-state index < -0.39 is 42.4 Å². The van der Waals surface area contributed by atoms with Crippen molar-refractivity contribution in [2.24, 2.45) is 0 Å². The molecule has 1 fully saturated rings. The Bertz CT molecular complexity index is 1520. The fourth-order valence-corrected chi connectivity index (χ4v) is 4.62. The molecule has 0 saturated carbocycles. The number of aromatic nitrogens is 4. The summed E-state index contributed by atoms with van der Waals surface area (Å²) in [4.78, 5) is 20.8. The molecule has 1 aliphatic heterocycles. The van der Waals surface area contributed by atoms with Crippen LogP contribution in [0.2, 0.25) is 0 Å². The molecule has 2 aromatic heterocycles. The molecule has 0 bridgehead atoms. The summed E-state index contributed by atoms with van der Waals surface area (Å²) in [6, 6.07) is 12.1. The summed E-state index contributed by atoms with van der Waals surface area (Å²) in [5, 5.41) is 19.7. The first-order valence-electron chi connectivity index (χ1n) is 12.3. The monoisotopic (exact) mass is 539 g/mol. The Balaban J connectivity index is 1.59. The van der Waals surface area contributed by atoms with E-state index in [1.54, 1.807) is 30.3 Å². The van der Waals surface area contributed by atoms with E-state index in [2.05, 4.69) is 20.4 Å². The number of likely N-dealkylation sites (tertiary alicyclic amines) is 1. The number of carboxylic acid groups (broad SMARTS) is 1. The standard InChI is InChI=1S/C27H27F3N6O3/c1-26(2,3)33-23-21-22(19-10-9-18(11-20(19)28)39-17-7-5-4-6-8-17)34-36(24(21)32-15-31-23)13-16-12-27(29,30)14-35(16)25(37)38/h4-11,15-16H,12-14H2,1-3H3,(H,37,38)(H,31,32,33)/p-1/t16-/m0/s1. The number of ether oxygens (including phenoxy) is 1. The van der Waals surface area contributed by atoms with Crippen molar-refractivity contribution in [2.75, 3.05) is 11.9 Å². The Hall–Kier alpha value is -4.35. The van der Waals surface area contributed by atoms with Crippen molar-refractivity contribution in [3.05, 3.63) is 60.7 Å². The highest BCUT2D eigenvalue weighted by Crippen LogP contribution is 2.37.